The van der Waals surface area contributed by atoms with Gasteiger partial charge in [-0.05, 0) is 24.4 Å². The summed E-state index contributed by atoms with van der Waals surface area (Å²) in [6.45, 7) is -1.82. The van der Waals surface area contributed by atoms with Gasteiger partial charge in [0, 0.05) is 0 Å². The lowest BCUT2D eigenvalue weighted by molar-refractivity contribution is -0.0667. The lowest BCUT2D eigenvalue weighted by Crippen LogP contribution is -2.39. The van der Waals surface area contributed by atoms with Gasteiger partial charge in [-0.2, -0.15) is 9.97 Å². The van der Waals surface area contributed by atoms with Crippen LogP contribution in [0.5, 0.6) is 0 Å². The smallest absolute Gasteiger partial charge is 0.386 e. The molecule has 0 spiro atoms. The van der Waals surface area contributed by atoms with E-state index in [1.807, 2.05) is 0 Å². The van der Waals surface area contributed by atoms with Gasteiger partial charge in [-0.25, -0.2) is 9.13 Å². The minimum Gasteiger partial charge on any atom is -0.386 e. The number of fused-ring (bicyclic) bond motifs is 4. The van der Waals surface area contributed by atoms with Crippen LogP contribution in [-0.2, 0) is 36.7 Å². The van der Waals surface area contributed by atoms with Crippen molar-refractivity contribution >= 4 is 74.3 Å². The van der Waals surface area contributed by atoms with Crippen molar-refractivity contribution in [3.8, 4) is 0 Å². The molecule has 3 aliphatic rings. The molecule has 0 radical (unpaired) electrons. The van der Waals surface area contributed by atoms with Crippen molar-refractivity contribution in [2.45, 2.75) is 49.1 Å². The standard InChI is InChI=1S/C20H24N10O14P2S2/c21-17-25-11-5(13(33)27-17)23-19(47)29(11)15-7(31)9-3(41-15)1-39-45(35,36)44-10-4(2-40-46(37,38)43-9)42-16(8(10)32)30-12-6(24-20(30)48)14(34)28-18(22)26-12/h3-4,7-10,15-16,31-32H,1-2H2,(H,23,47)(H,24,48)(H,35,36)(H,37,38)(H3,21,25,27,33)(H3,22,26,28,34)/t3-,4-,7?,8?,9?,10?,15-,16-/m1/s1. The second-order valence-corrected chi connectivity index (χ2v) is 14.3. The Hall–Kier alpha value is -3.20. The Morgan fingerprint density at radius 2 is 1.10 bits per heavy atom. The van der Waals surface area contributed by atoms with Crippen LogP contribution in [0, 0.1) is 9.54 Å². The van der Waals surface area contributed by atoms with Crippen molar-refractivity contribution in [3.05, 3.63) is 30.2 Å². The topological polar surface area (TPSA) is 355 Å². The zero-order valence-electron chi connectivity index (χ0n) is 23.6. The third-order valence-corrected chi connectivity index (χ3v) is 10.2. The Kier molecular flexibility index (Phi) is 8.12. The minimum atomic E-state index is -5.15. The number of imidazole rings is 2. The number of rotatable bonds is 2. The molecule has 0 saturated carbocycles. The monoisotopic (exact) mass is 754 g/mol. The molecule has 6 unspecified atom stereocenters. The normalized spacial score (nSPS) is 36.1. The van der Waals surface area contributed by atoms with Crippen LogP contribution in [0.2, 0.25) is 0 Å². The quantitative estimate of drug-likeness (QED) is 0.0803. The molecule has 0 aromatic carbocycles. The molecule has 3 fully saturated rings. The molecule has 24 nitrogen and oxygen atoms in total. The number of aliphatic hydroxyl groups is 2. The average molecular weight is 755 g/mol. The van der Waals surface area contributed by atoms with Gasteiger partial charge in [0.2, 0.25) is 11.9 Å². The number of nitrogen functional groups attached to an aromatic ring is 2. The summed E-state index contributed by atoms with van der Waals surface area (Å²) in [5.74, 6) is -0.613. The van der Waals surface area contributed by atoms with E-state index >= 15 is 0 Å². The number of aromatic nitrogens is 8. The van der Waals surface area contributed by atoms with Crippen LogP contribution in [0.15, 0.2) is 9.59 Å². The summed E-state index contributed by atoms with van der Waals surface area (Å²) >= 11 is 10.5. The average Bonchev–Trinajstić information content (AvgIpc) is 3.67. The summed E-state index contributed by atoms with van der Waals surface area (Å²) in [5, 5.41) is 22.5. The molecular weight excluding hydrogens is 730 g/mol. The van der Waals surface area contributed by atoms with Crippen molar-refractivity contribution in [3.63, 3.8) is 0 Å². The second kappa shape index (κ2) is 11.7. The molecule has 3 aliphatic heterocycles. The van der Waals surface area contributed by atoms with Crippen molar-refractivity contribution in [2.24, 2.45) is 0 Å². The van der Waals surface area contributed by atoms with Crippen LogP contribution in [0.1, 0.15) is 12.5 Å². The number of nitrogens with one attached hydrogen (secondary N) is 4. The number of aromatic amines is 4. The fraction of sp³-hybridized carbons (Fsp3) is 0.500. The first-order chi connectivity index (χ1) is 22.5. The summed E-state index contributed by atoms with van der Waals surface area (Å²) < 4.78 is 60.4. The SMILES string of the molecule is Nc1nc2c([nH]c(=S)n2[C@@H]2O[C@@H]3COP(=O)(O)OC4C(O)[C@H](n5c(=S)[nH]c6c(=O)[nH]c(N)nc65)O[C@@H]4COP(=O)(O)OC3C2O)c(=O)[nH]1. The predicted molar refractivity (Wildman–Crippen MR) is 161 cm³/mol. The van der Waals surface area contributed by atoms with E-state index in [0.29, 0.717) is 0 Å². The van der Waals surface area contributed by atoms with E-state index in [-0.39, 0.29) is 43.8 Å². The first-order valence-corrected chi connectivity index (χ1v) is 17.3. The molecule has 4 aromatic rings. The molecule has 48 heavy (non-hydrogen) atoms. The van der Waals surface area contributed by atoms with Gasteiger partial charge in [-0.1, -0.05) is 0 Å². The highest BCUT2D eigenvalue weighted by Crippen LogP contribution is 2.53. The Balaban J connectivity index is 1.20. The van der Waals surface area contributed by atoms with Gasteiger partial charge < -0.3 is 50.9 Å². The minimum absolute atomic E-state index is 0.138. The zero-order chi connectivity index (χ0) is 34.4. The number of aliphatic hydroxyl groups excluding tert-OH is 2. The van der Waals surface area contributed by atoms with Crippen LogP contribution in [0.25, 0.3) is 22.3 Å². The first-order valence-electron chi connectivity index (χ1n) is 13.5. The maximum absolute atomic E-state index is 13.2. The maximum atomic E-state index is 13.2. The molecule has 3 saturated heterocycles. The van der Waals surface area contributed by atoms with E-state index < -0.39 is 89.1 Å². The molecule has 10 atom stereocenters. The fourth-order valence-electron chi connectivity index (χ4n) is 5.63. The molecule has 7 heterocycles. The van der Waals surface area contributed by atoms with E-state index in [2.05, 4.69) is 29.9 Å². The number of phosphoric ester groups is 2. The summed E-state index contributed by atoms with van der Waals surface area (Å²) in [6.07, 6.45) is -13.6. The van der Waals surface area contributed by atoms with Crippen molar-refractivity contribution in [2.75, 3.05) is 24.7 Å². The second-order valence-electron chi connectivity index (χ2n) is 10.7. The number of ether oxygens (including phenoxy) is 2. The number of phosphoric acid groups is 2. The molecule has 12 N–H and O–H groups in total. The first kappa shape index (κ1) is 33.3. The van der Waals surface area contributed by atoms with Gasteiger partial charge >= 0.3 is 15.6 Å². The number of hydrogen-bond donors (Lipinski definition) is 10. The summed E-state index contributed by atoms with van der Waals surface area (Å²) in [7, 11) is -10.3. The van der Waals surface area contributed by atoms with Gasteiger partial charge in [0.15, 0.2) is 44.3 Å². The molecular formula is C20H24N10O14P2S2. The summed E-state index contributed by atoms with van der Waals surface area (Å²) in [6, 6.07) is 0. The van der Waals surface area contributed by atoms with Crippen LogP contribution in [0.3, 0.4) is 0 Å². The van der Waals surface area contributed by atoms with Crippen LogP contribution >= 0.6 is 40.1 Å². The van der Waals surface area contributed by atoms with Crippen LogP contribution in [0.4, 0.5) is 11.9 Å². The molecule has 0 aliphatic carbocycles. The highest BCUT2D eigenvalue weighted by atomic mass is 32.1. The Morgan fingerprint density at radius 1 is 0.729 bits per heavy atom. The molecule has 4 aromatic heterocycles. The molecule has 0 amide bonds. The van der Waals surface area contributed by atoms with Crippen molar-refractivity contribution < 1.29 is 56.7 Å². The van der Waals surface area contributed by atoms with Crippen molar-refractivity contribution in [1.29, 1.82) is 0 Å². The summed E-state index contributed by atoms with van der Waals surface area (Å²) in [5.41, 5.74) is 9.32. The van der Waals surface area contributed by atoms with Gasteiger partial charge in [0.25, 0.3) is 11.1 Å². The van der Waals surface area contributed by atoms with Gasteiger partial charge in [0.05, 0.1) is 13.2 Å². The molecule has 28 heteroatoms. The number of anilines is 2. The van der Waals surface area contributed by atoms with Crippen LogP contribution < -0.4 is 22.6 Å². The van der Waals surface area contributed by atoms with E-state index in [9.17, 15) is 38.7 Å². The number of nitrogens with two attached hydrogens (primary N) is 2. The highest BCUT2D eigenvalue weighted by Gasteiger charge is 2.54. The molecule has 260 valence electrons. The molecule has 0 bridgehead atoms. The van der Waals surface area contributed by atoms with E-state index in [0.717, 1.165) is 9.13 Å². The summed E-state index contributed by atoms with van der Waals surface area (Å²) in [4.78, 5) is 63.8. The Labute approximate surface area is 273 Å². The van der Waals surface area contributed by atoms with Gasteiger partial charge in [-0.15, -0.1) is 0 Å². The number of nitrogens with zero attached hydrogens (tertiary/aromatic N) is 4. The van der Waals surface area contributed by atoms with Gasteiger partial charge in [0.1, 0.15) is 36.6 Å². The van der Waals surface area contributed by atoms with E-state index in [1.54, 1.807) is 0 Å². The Morgan fingerprint density at radius 3 is 1.48 bits per heavy atom. The largest absolute Gasteiger partial charge is 0.472 e. The fourth-order valence-corrected chi connectivity index (χ4v) is 8.14. The maximum Gasteiger partial charge on any atom is 0.472 e. The number of hydrogen-bond acceptors (Lipinski definition) is 18. The third-order valence-electron chi connectivity index (χ3n) is 7.64. The van der Waals surface area contributed by atoms with E-state index in [4.69, 9.17) is 63.5 Å². The van der Waals surface area contributed by atoms with Gasteiger partial charge in [-0.3, -0.25) is 46.8 Å². The predicted octanol–water partition coefficient (Wildman–Crippen LogP) is -1.72. The van der Waals surface area contributed by atoms with Crippen molar-refractivity contribution in [1.82, 2.24) is 39.0 Å². The highest BCUT2D eigenvalue weighted by molar-refractivity contribution is 7.71. The van der Waals surface area contributed by atoms with Crippen LogP contribution in [-0.4, -0.2) is 109 Å². The lowest BCUT2D eigenvalue weighted by atomic mass is 10.1. The Bertz CT molecular complexity index is 2130. The molecule has 7 rings (SSSR count). The number of H-pyrrole nitrogens is 4. The third kappa shape index (κ3) is 5.67. The zero-order valence-corrected chi connectivity index (χ0v) is 27.0. The van der Waals surface area contributed by atoms with E-state index in [1.165, 1.54) is 0 Å². The lowest BCUT2D eigenvalue weighted by Gasteiger charge is -2.27.